The molecule has 2 aromatic heterocycles. The van der Waals surface area contributed by atoms with Gasteiger partial charge in [0, 0.05) is 17.8 Å². The van der Waals surface area contributed by atoms with E-state index < -0.39 is 31.3 Å². The number of carbonyl (C=O) groups excluding carboxylic acids is 1. The summed E-state index contributed by atoms with van der Waals surface area (Å²) in [5.41, 5.74) is -0.958. The number of hydrogen-bond acceptors (Lipinski definition) is 12. The topological polar surface area (TPSA) is 187 Å². The lowest BCUT2D eigenvalue weighted by Gasteiger charge is -2.36. The lowest BCUT2D eigenvalue weighted by Crippen LogP contribution is -2.52. The Hall–Kier alpha value is -4.24. The molecule has 0 aliphatic carbocycles. The Bertz CT molecular complexity index is 1460. The summed E-state index contributed by atoms with van der Waals surface area (Å²) in [5.74, 6) is -0.839. The van der Waals surface area contributed by atoms with Crippen LogP contribution in [0.4, 0.5) is 33.5 Å². The molecule has 0 bridgehead atoms. The molecular formula is C23H26FN6O9P. The van der Waals surface area contributed by atoms with Gasteiger partial charge in [-0.25, -0.2) is 14.4 Å². The summed E-state index contributed by atoms with van der Waals surface area (Å²) < 4.78 is 47.6. The van der Waals surface area contributed by atoms with Crippen molar-refractivity contribution in [3.63, 3.8) is 0 Å². The maximum atomic E-state index is 14.7. The number of aromatic nitrogens is 3. The average Bonchev–Trinajstić information content (AvgIpc) is 2.89. The van der Waals surface area contributed by atoms with Crippen molar-refractivity contribution in [2.75, 3.05) is 43.4 Å². The molecule has 4 rings (SSSR count). The first-order valence-corrected chi connectivity index (χ1v) is 13.2. The van der Waals surface area contributed by atoms with Gasteiger partial charge in [-0.15, -0.1) is 0 Å². The zero-order chi connectivity index (χ0) is 29.2. The number of fused-ring (bicyclic) bond motifs is 1. The van der Waals surface area contributed by atoms with Crippen LogP contribution in [0, 0.1) is 5.82 Å². The molecule has 0 fully saturated rings. The van der Waals surface area contributed by atoms with Gasteiger partial charge in [-0.2, -0.15) is 10.0 Å². The first kappa shape index (κ1) is 28.8. The molecule has 0 saturated heterocycles. The van der Waals surface area contributed by atoms with Gasteiger partial charge in [0.15, 0.2) is 40.8 Å². The molecule has 1 aromatic carbocycles. The van der Waals surface area contributed by atoms with E-state index in [1.807, 2.05) is 0 Å². The number of pyridine rings is 1. The summed E-state index contributed by atoms with van der Waals surface area (Å²) in [7, 11) is -0.246. The largest absolute Gasteiger partial charge is 0.493 e. The van der Waals surface area contributed by atoms with Crippen LogP contribution in [0.2, 0.25) is 0 Å². The Morgan fingerprint density at radius 3 is 2.35 bits per heavy atom. The van der Waals surface area contributed by atoms with Gasteiger partial charge in [0.05, 0.1) is 27.5 Å². The maximum absolute atomic E-state index is 14.7. The van der Waals surface area contributed by atoms with E-state index in [0.29, 0.717) is 28.0 Å². The van der Waals surface area contributed by atoms with E-state index in [-0.39, 0.29) is 29.2 Å². The molecule has 0 spiro atoms. The summed E-state index contributed by atoms with van der Waals surface area (Å²) >= 11 is 0. The van der Waals surface area contributed by atoms with Gasteiger partial charge in [0.1, 0.15) is 5.82 Å². The van der Waals surface area contributed by atoms with E-state index in [2.05, 4.69) is 25.6 Å². The quantitative estimate of drug-likeness (QED) is 0.256. The third-order valence-electron chi connectivity index (χ3n) is 5.36. The monoisotopic (exact) mass is 580 g/mol. The number of nitrogens with one attached hydrogen (secondary N) is 2. The number of nitrogens with zero attached hydrogens (tertiary/aromatic N) is 4. The minimum Gasteiger partial charge on any atom is -0.493 e. The van der Waals surface area contributed by atoms with Crippen LogP contribution in [0.15, 0.2) is 30.5 Å². The molecule has 40 heavy (non-hydrogen) atoms. The summed E-state index contributed by atoms with van der Waals surface area (Å²) in [6.07, 6.45) is -0.150. The Kier molecular flexibility index (Phi) is 7.98. The Labute approximate surface area is 227 Å². The van der Waals surface area contributed by atoms with Crippen LogP contribution in [0.3, 0.4) is 0 Å². The molecule has 3 aromatic rings. The SMILES string of the molecule is COc1cc(Nc2ncc(F)c(Nc3ccc4c(n3)N(OCP(=O)(O)O)C(=O)C(C)(C)O4)n2)cc(OC)c1OC. The molecule has 0 saturated carbocycles. The highest BCUT2D eigenvalue weighted by molar-refractivity contribution is 7.51. The highest BCUT2D eigenvalue weighted by Crippen LogP contribution is 2.42. The molecule has 17 heteroatoms. The van der Waals surface area contributed by atoms with E-state index in [0.717, 1.165) is 6.20 Å². The van der Waals surface area contributed by atoms with Gasteiger partial charge in [-0.1, -0.05) is 0 Å². The van der Waals surface area contributed by atoms with Gasteiger partial charge in [-0.3, -0.25) is 14.2 Å². The predicted molar refractivity (Wildman–Crippen MR) is 139 cm³/mol. The molecule has 0 unspecified atom stereocenters. The van der Waals surface area contributed by atoms with E-state index in [4.69, 9.17) is 23.8 Å². The molecule has 15 nitrogen and oxygen atoms in total. The number of anilines is 5. The van der Waals surface area contributed by atoms with Gasteiger partial charge in [-0.05, 0) is 26.0 Å². The number of amides is 1. The van der Waals surface area contributed by atoms with Crippen molar-refractivity contribution >= 4 is 42.6 Å². The summed E-state index contributed by atoms with van der Waals surface area (Å²) in [6, 6.07) is 6.08. The fourth-order valence-electron chi connectivity index (χ4n) is 3.56. The lowest BCUT2D eigenvalue weighted by atomic mass is 10.1. The highest BCUT2D eigenvalue weighted by Gasteiger charge is 2.43. The Morgan fingerprint density at radius 2 is 1.75 bits per heavy atom. The fraction of sp³-hybridized carbons (Fsp3) is 0.304. The number of hydroxylamine groups is 1. The third kappa shape index (κ3) is 6.15. The smallest absolute Gasteiger partial charge is 0.353 e. The van der Waals surface area contributed by atoms with Crippen LogP contribution in [0.5, 0.6) is 23.0 Å². The van der Waals surface area contributed by atoms with Gasteiger partial charge >= 0.3 is 7.60 Å². The summed E-state index contributed by atoms with van der Waals surface area (Å²) in [4.78, 5) is 48.7. The zero-order valence-corrected chi connectivity index (χ0v) is 22.9. The lowest BCUT2D eigenvalue weighted by molar-refractivity contribution is -0.140. The van der Waals surface area contributed by atoms with Crippen molar-refractivity contribution in [2.45, 2.75) is 19.4 Å². The second-order valence-electron chi connectivity index (χ2n) is 8.71. The molecule has 4 N–H and O–H groups in total. The first-order valence-electron chi connectivity index (χ1n) is 11.4. The number of hydrogen-bond donors (Lipinski definition) is 4. The normalized spacial score (nSPS) is 14.2. The van der Waals surface area contributed by atoms with Gasteiger partial charge < -0.3 is 39.4 Å². The van der Waals surface area contributed by atoms with Crippen molar-refractivity contribution in [2.24, 2.45) is 0 Å². The minimum atomic E-state index is -4.63. The van der Waals surface area contributed by atoms with Crippen molar-refractivity contribution in [1.82, 2.24) is 15.0 Å². The van der Waals surface area contributed by atoms with Crippen LogP contribution >= 0.6 is 7.60 Å². The van der Waals surface area contributed by atoms with Crippen LogP contribution in [-0.4, -0.2) is 63.9 Å². The molecule has 1 aliphatic rings. The number of carbonyl (C=O) groups is 1. The Balaban J connectivity index is 1.62. The standard InChI is InChI=1S/C23H26FN6O9P/c1-23(2)21(31)30(38-11-40(32,33)34)20-14(39-23)6-7-17(28-20)27-19-13(24)10-25-22(29-19)26-12-8-15(35-3)18(37-5)16(9-12)36-4/h6-10H,11H2,1-5H3,(H2,32,33,34)(H2,25,26,27,28,29). The van der Waals surface area contributed by atoms with E-state index in [1.165, 1.54) is 47.3 Å². The summed E-state index contributed by atoms with van der Waals surface area (Å²) in [6.45, 7) is 2.91. The van der Waals surface area contributed by atoms with Gasteiger partial charge in [0.25, 0.3) is 5.91 Å². The van der Waals surface area contributed by atoms with E-state index in [9.17, 15) is 23.5 Å². The maximum Gasteiger partial charge on any atom is 0.353 e. The predicted octanol–water partition coefficient (Wildman–Crippen LogP) is 3.09. The number of ether oxygens (including phenoxy) is 4. The fourth-order valence-corrected chi connectivity index (χ4v) is 3.83. The third-order valence-corrected chi connectivity index (χ3v) is 5.81. The zero-order valence-electron chi connectivity index (χ0n) is 22.0. The summed E-state index contributed by atoms with van der Waals surface area (Å²) in [5, 5.41) is 6.26. The van der Waals surface area contributed by atoms with Gasteiger partial charge in [0.2, 0.25) is 17.5 Å². The number of halogens is 1. The number of benzene rings is 1. The van der Waals surface area contributed by atoms with Crippen molar-refractivity contribution in [1.29, 1.82) is 0 Å². The van der Waals surface area contributed by atoms with Crippen LogP contribution in [-0.2, 0) is 14.2 Å². The van der Waals surface area contributed by atoms with Crippen molar-refractivity contribution in [3.05, 3.63) is 36.3 Å². The molecular weight excluding hydrogens is 554 g/mol. The van der Waals surface area contributed by atoms with Crippen molar-refractivity contribution in [3.8, 4) is 23.0 Å². The average molecular weight is 580 g/mol. The first-order chi connectivity index (χ1) is 18.8. The second-order valence-corrected chi connectivity index (χ2v) is 10.3. The van der Waals surface area contributed by atoms with Crippen LogP contribution in [0.25, 0.3) is 0 Å². The Morgan fingerprint density at radius 1 is 1.07 bits per heavy atom. The molecule has 1 amide bonds. The highest BCUT2D eigenvalue weighted by atomic mass is 31.2. The molecule has 3 heterocycles. The number of methoxy groups -OCH3 is 3. The molecule has 1 aliphatic heterocycles. The van der Waals surface area contributed by atoms with E-state index >= 15 is 0 Å². The van der Waals surface area contributed by atoms with Crippen LogP contribution < -0.4 is 34.6 Å². The van der Waals surface area contributed by atoms with Crippen LogP contribution in [0.1, 0.15) is 13.8 Å². The van der Waals surface area contributed by atoms with E-state index in [1.54, 1.807) is 12.1 Å². The second kappa shape index (κ2) is 11.1. The molecule has 214 valence electrons. The molecule has 0 atom stereocenters. The van der Waals surface area contributed by atoms with Crippen molar-refractivity contribution < 1.29 is 47.3 Å². The minimum absolute atomic E-state index is 0.00278. The molecule has 0 radical (unpaired) electrons. The number of rotatable bonds is 10.